The van der Waals surface area contributed by atoms with Gasteiger partial charge in [-0.05, 0) is 36.2 Å². The van der Waals surface area contributed by atoms with Crippen LogP contribution in [0.4, 0.5) is 10.1 Å². The van der Waals surface area contributed by atoms with Gasteiger partial charge < -0.3 is 9.80 Å². The van der Waals surface area contributed by atoms with E-state index in [4.69, 9.17) is 0 Å². The number of carbonyl (C=O) groups excluding carboxylic acids is 2. The average molecular weight is 326 g/mol. The van der Waals surface area contributed by atoms with Gasteiger partial charge in [0.1, 0.15) is 12.4 Å². The third-order valence-electron chi connectivity index (χ3n) is 4.18. The Kier molecular flexibility index (Phi) is 4.89. The summed E-state index contributed by atoms with van der Waals surface area (Å²) in [6.45, 7) is 1.14. The van der Waals surface area contributed by atoms with Crippen LogP contribution in [0.5, 0.6) is 0 Å². The van der Waals surface area contributed by atoms with E-state index in [1.165, 1.54) is 12.1 Å². The van der Waals surface area contributed by atoms with E-state index < -0.39 is 0 Å². The van der Waals surface area contributed by atoms with Crippen molar-refractivity contribution in [1.82, 2.24) is 4.90 Å². The monoisotopic (exact) mass is 326 g/mol. The topological polar surface area (TPSA) is 40.6 Å². The number of hydrogen-bond acceptors (Lipinski definition) is 2. The van der Waals surface area contributed by atoms with Crippen molar-refractivity contribution in [1.29, 1.82) is 0 Å². The predicted molar refractivity (Wildman–Crippen MR) is 90.1 cm³/mol. The highest BCUT2D eigenvalue weighted by Crippen LogP contribution is 2.17. The minimum Gasteiger partial charge on any atom is -0.332 e. The largest absolute Gasteiger partial charge is 0.332 e. The smallest absolute Gasteiger partial charge is 0.246 e. The molecule has 0 atom stereocenters. The molecule has 0 bridgehead atoms. The molecular weight excluding hydrogens is 307 g/mol. The summed E-state index contributed by atoms with van der Waals surface area (Å²) < 4.78 is 12.9. The van der Waals surface area contributed by atoms with Crippen molar-refractivity contribution in [3.63, 3.8) is 0 Å². The van der Waals surface area contributed by atoms with E-state index in [1.54, 1.807) is 21.9 Å². The van der Waals surface area contributed by atoms with E-state index in [1.807, 2.05) is 30.3 Å². The van der Waals surface area contributed by atoms with Crippen molar-refractivity contribution >= 4 is 17.5 Å². The lowest BCUT2D eigenvalue weighted by Crippen LogP contribution is -2.52. The van der Waals surface area contributed by atoms with Gasteiger partial charge in [0.05, 0.1) is 0 Å². The van der Waals surface area contributed by atoms with Crippen LogP contribution < -0.4 is 4.90 Å². The highest BCUT2D eigenvalue weighted by molar-refractivity contribution is 5.97. The highest BCUT2D eigenvalue weighted by Gasteiger charge is 2.27. The zero-order valence-corrected chi connectivity index (χ0v) is 13.3. The lowest BCUT2D eigenvalue weighted by atomic mass is 10.1. The van der Waals surface area contributed by atoms with Crippen LogP contribution in [0.2, 0.25) is 0 Å². The van der Waals surface area contributed by atoms with E-state index in [-0.39, 0.29) is 24.2 Å². The fourth-order valence-electron chi connectivity index (χ4n) is 2.83. The first-order valence-corrected chi connectivity index (χ1v) is 8.01. The summed E-state index contributed by atoms with van der Waals surface area (Å²) in [4.78, 5) is 27.9. The van der Waals surface area contributed by atoms with Crippen LogP contribution in [0.25, 0.3) is 0 Å². The molecule has 4 nitrogen and oxygen atoms in total. The van der Waals surface area contributed by atoms with E-state index in [0.717, 1.165) is 11.3 Å². The molecule has 2 amide bonds. The van der Waals surface area contributed by atoms with Gasteiger partial charge >= 0.3 is 0 Å². The van der Waals surface area contributed by atoms with Crippen LogP contribution in [-0.2, 0) is 16.0 Å². The molecule has 1 aliphatic heterocycles. The first-order valence-electron chi connectivity index (χ1n) is 8.01. The van der Waals surface area contributed by atoms with Crippen molar-refractivity contribution in [2.24, 2.45) is 0 Å². The Morgan fingerprint density at radius 1 is 1.00 bits per heavy atom. The highest BCUT2D eigenvalue weighted by atomic mass is 19.1. The van der Waals surface area contributed by atoms with Crippen molar-refractivity contribution in [2.45, 2.75) is 12.8 Å². The van der Waals surface area contributed by atoms with Gasteiger partial charge in [0.2, 0.25) is 11.8 Å². The van der Waals surface area contributed by atoms with Crippen molar-refractivity contribution in [2.75, 3.05) is 24.5 Å². The van der Waals surface area contributed by atoms with Crippen LogP contribution in [-0.4, -0.2) is 36.3 Å². The number of nitrogens with zero attached hydrogens (tertiary/aromatic N) is 2. The van der Waals surface area contributed by atoms with Crippen LogP contribution in [0.15, 0.2) is 54.6 Å². The molecule has 0 aliphatic carbocycles. The van der Waals surface area contributed by atoms with Crippen LogP contribution >= 0.6 is 0 Å². The minimum absolute atomic E-state index is 0.0413. The van der Waals surface area contributed by atoms with Gasteiger partial charge in [0, 0.05) is 25.2 Å². The number of hydrogen-bond donors (Lipinski definition) is 0. The molecule has 0 N–H and O–H groups in total. The Bertz CT molecular complexity index is 716. The zero-order chi connectivity index (χ0) is 16.9. The Labute approximate surface area is 140 Å². The van der Waals surface area contributed by atoms with Gasteiger partial charge in [-0.2, -0.15) is 0 Å². The SMILES string of the molecule is O=C(CCc1ccc(F)cc1)N1CCN(c2ccccc2)C(=O)C1. The molecule has 0 saturated carbocycles. The lowest BCUT2D eigenvalue weighted by molar-refractivity contribution is -0.136. The second kappa shape index (κ2) is 7.25. The quantitative estimate of drug-likeness (QED) is 0.867. The number of piperazine rings is 1. The Morgan fingerprint density at radius 3 is 2.38 bits per heavy atom. The number of rotatable bonds is 4. The maximum atomic E-state index is 12.9. The number of carbonyl (C=O) groups is 2. The summed E-state index contributed by atoms with van der Waals surface area (Å²) in [5.41, 5.74) is 1.78. The molecule has 1 fully saturated rings. The van der Waals surface area contributed by atoms with Crippen molar-refractivity contribution in [3.05, 3.63) is 66.0 Å². The molecule has 1 aliphatic rings. The molecule has 3 rings (SSSR count). The normalized spacial score (nSPS) is 14.8. The molecular formula is C19H19FN2O2. The number of aryl methyl sites for hydroxylation is 1. The summed E-state index contributed by atoms with van der Waals surface area (Å²) in [5.74, 6) is -0.393. The van der Waals surface area contributed by atoms with Crippen molar-refractivity contribution < 1.29 is 14.0 Å². The fourth-order valence-corrected chi connectivity index (χ4v) is 2.83. The van der Waals surface area contributed by atoms with Gasteiger partial charge in [-0.15, -0.1) is 0 Å². The Balaban J connectivity index is 1.54. The molecule has 5 heteroatoms. The zero-order valence-electron chi connectivity index (χ0n) is 13.3. The lowest BCUT2D eigenvalue weighted by Gasteiger charge is -2.34. The molecule has 124 valence electrons. The number of amides is 2. The number of anilines is 1. The van der Waals surface area contributed by atoms with Gasteiger partial charge in [0.15, 0.2) is 0 Å². The summed E-state index contributed by atoms with van der Waals surface area (Å²) in [6.07, 6.45) is 0.871. The van der Waals surface area contributed by atoms with Crippen molar-refractivity contribution in [3.8, 4) is 0 Å². The second-order valence-electron chi connectivity index (χ2n) is 5.82. The predicted octanol–water partition coefficient (Wildman–Crippen LogP) is 2.63. The van der Waals surface area contributed by atoms with Gasteiger partial charge in [-0.25, -0.2) is 4.39 Å². The number of para-hydroxylation sites is 1. The maximum absolute atomic E-state index is 12.9. The summed E-state index contributed by atoms with van der Waals surface area (Å²) in [7, 11) is 0. The molecule has 2 aromatic rings. The summed E-state index contributed by atoms with van der Waals surface area (Å²) in [5, 5.41) is 0. The summed E-state index contributed by atoms with van der Waals surface area (Å²) in [6, 6.07) is 15.6. The Hall–Kier alpha value is -2.69. The van der Waals surface area contributed by atoms with E-state index in [9.17, 15) is 14.0 Å². The molecule has 2 aromatic carbocycles. The van der Waals surface area contributed by atoms with E-state index in [2.05, 4.69) is 0 Å². The number of benzene rings is 2. The Morgan fingerprint density at radius 2 is 1.71 bits per heavy atom. The van der Waals surface area contributed by atoms with E-state index >= 15 is 0 Å². The first-order chi connectivity index (χ1) is 11.6. The third-order valence-corrected chi connectivity index (χ3v) is 4.18. The second-order valence-corrected chi connectivity index (χ2v) is 5.82. The minimum atomic E-state index is -0.285. The molecule has 0 radical (unpaired) electrons. The molecule has 24 heavy (non-hydrogen) atoms. The maximum Gasteiger partial charge on any atom is 0.246 e. The number of halogens is 1. The van der Waals surface area contributed by atoms with Gasteiger partial charge in [-0.3, -0.25) is 9.59 Å². The molecule has 1 heterocycles. The van der Waals surface area contributed by atoms with Crippen LogP contribution in [0, 0.1) is 5.82 Å². The van der Waals surface area contributed by atoms with Crippen LogP contribution in [0.3, 0.4) is 0 Å². The first kappa shape index (κ1) is 16.2. The standard InChI is InChI=1S/C19H19FN2O2/c20-16-9-6-15(7-10-16)8-11-18(23)21-12-13-22(19(24)14-21)17-4-2-1-3-5-17/h1-7,9-10H,8,11-14H2. The fraction of sp³-hybridized carbons (Fsp3) is 0.263. The van der Waals surface area contributed by atoms with E-state index in [0.29, 0.717) is 25.9 Å². The molecule has 0 unspecified atom stereocenters. The third kappa shape index (κ3) is 3.79. The summed E-state index contributed by atoms with van der Waals surface area (Å²) >= 11 is 0. The molecule has 0 spiro atoms. The van der Waals surface area contributed by atoms with Crippen LogP contribution in [0.1, 0.15) is 12.0 Å². The molecule has 0 aromatic heterocycles. The molecule has 1 saturated heterocycles. The average Bonchev–Trinajstić information content (AvgIpc) is 2.61. The van der Waals surface area contributed by atoms with Gasteiger partial charge in [-0.1, -0.05) is 30.3 Å². The van der Waals surface area contributed by atoms with Gasteiger partial charge in [0.25, 0.3) is 0 Å².